The Labute approximate surface area is 116 Å². The fourth-order valence-corrected chi connectivity index (χ4v) is 1.99. The maximum atomic E-state index is 11.2. The van der Waals surface area contributed by atoms with Crippen LogP contribution in [-0.4, -0.2) is 22.5 Å². The molecule has 0 aliphatic rings. The maximum absolute atomic E-state index is 11.2. The van der Waals surface area contributed by atoms with Crippen LogP contribution in [0.15, 0.2) is 42.5 Å². The average Bonchev–Trinajstić information content (AvgIpc) is 2.46. The monoisotopic (exact) mass is 270 g/mol. The van der Waals surface area contributed by atoms with Gasteiger partial charge in [-0.15, -0.1) is 0 Å². The molecule has 0 aliphatic carbocycles. The number of carbonyl (C=O) groups excluding carboxylic acids is 1. The molecule has 0 aliphatic heterocycles. The van der Waals surface area contributed by atoms with Crippen LogP contribution in [0.3, 0.4) is 0 Å². The first kappa shape index (κ1) is 13.8. The number of aromatic hydroxyl groups is 1. The molecule has 2 aromatic carbocycles. The summed E-state index contributed by atoms with van der Waals surface area (Å²) >= 11 is 0. The molecule has 4 nitrogen and oxygen atoms in total. The van der Waals surface area contributed by atoms with Crippen LogP contribution in [-0.2, 0) is 4.79 Å². The van der Waals surface area contributed by atoms with Crippen LogP contribution in [0.5, 0.6) is 5.75 Å². The highest BCUT2D eigenvalue weighted by atomic mass is 16.4. The van der Waals surface area contributed by atoms with E-state index in [0.29, 0.717) is 23.0 Å². The van der Waals surface area contributed by atoms with Crippen LogP contribution in [0.1, 0.15) is 28.8 Å². The highest BCUT2D eigenvalue weighted by Gasteiger charge is 2.15. The van der Waals surface area contributed by atoms with Gasteiger partial charge >= 0.3 is 5.97 Å². The van der Waals surface area contributed by atoms with Crippen LogP contribution >= 0.6 is 0 Å². The van der Waals surface area contributed by atoms with Gasteiger partial charge in [-0.1, -0.05) is 24.3 Å². The Morgan fingerprint density at radius 2 is 1.80 bits per heavy atom. The van der Waals surface area contributed by atoms with Crippen molar-refractivity contribution in [2.75, 3.05) is 0 Å². The quantitative estimate of drug-likeness (QED) is 0.837. The highest BCUT2D eigenvalue weighted by molar-refractivity contribution is 5.88. The maximum Gasteiger partial charge on any atom is 0.310 e. The lowest BCUT2D eigenvalue weighted by Crippen LogP contribution is -2.07. The molecule has 2 aromatic rings. The van der Waals surface area contributed by atoms with Gasteiger partial charge in [0.25, 0.3) is 0 Å². The number of phenolic OH excluding ortho intramolecular Hbond substituents is 1. The first-order chi connectivity index (χ1) is 9.52. The summed E-state index contributed by atoms with van der Waals surface area (Å²) < 4.78 is 0. The van der Waals surface area contributed by atoms with Gasteiger partial charge in [0, 0.05) is 5.56 Å². The molecular weight excluding hydrogens is 256 g/mol. The number of carboxylic acid groups (broad SMARTS) is 1. The van der Waals surface area contributed by atoms with Crippen molar-refractivity contribution in [3.05, 3.63) is 53.6 Å². The van der Waals surface area contributed by atoms with Crippen LogP contribution in [0.25, 0.3) is 11.1 Å². The van der Waals surface area contributed by atoms with Gasteiger partial charge in [-0.05, 0) is 41.8 Å². The van der Waals surface area contributed by atoms with Crippen molar-refractivity contribution in [2.45, 2.75) is 12.8 Å². The van der Waals surface area contributed by atoms with E-state index in [1.165, 1.54) is 12.1 Å². The van der Waals surface area contributed by atoms with Crippen LogP contribution in [0.4, 0.5) is 0 Å². The van der Waals surface area contributed by atoms with Gasteiger partial charge < -0.3 is 10.2 Å². The lowest BCUT2D eigenvalue weighted by atomic mass is 9.93. The van der Waals surface area contributed by atoms with Crippen molar-refractivity contribution in [2.24, 2.45) is 0 Å². The van der Waals surface area contributed by atoms with E-state index in [2.05, 4.69) is 0 Å². The number of aliphatic carboxylic acids is 1. The van der Waals surface area contributed by atoms with Crippen LogP contribution in [0.2, 0.25) is 0 Å². The lowest BCUT2D eigenvalue weighted by molar-refractivity contribution is -0.138. The first-order valence-corrected chi connectivity index (χ1v) is 6.14. The molecule has 2 rings (SSSR count). The summed E-state index contributed by atoms with van der Waals surface area (Å²) in [5, 5.41) is 18.3. The molecule has 0 fully saturated rings. The first-order valence-electron chi connectivity index (χ1n) is 6.14. The summed E-state index contributed by atoms with van der Waals surface area (Å²) in [4.78, 5) is 22.2. The standard InChI is InChI=1S/C16H14O4/c1-10(16(19)20)12-4-7-15(13(8-12)9-17)11-2-5-14(18)6-3-11/h2-10,18H,1H3,(H,19,20). The molecule has 1 unspecified atom stereocenters. The summed E-state index contributed by atoms with van der Waals surface area (Å²) in [6.07, 6.45) is 0.709. The van der Waals surface area contributed by atoms with Gasteiger partial charge in [-0.2, -0.15) is 0 Å². The van der Waals surface area contributed by atoms with E-state index in [1.54, 1.807) is 37.3 Å². The molecule has 0 saturated heterocycles. The number of carboxylic acids is 1. The molecule has 0 amide bonds. The predicted molar refractivity (Wildman–Crippen MR) is 75.0 cm³/mol. The van der Waals surface area contributed by atoms with E-state index in [0.717, 1.165) is 5.56 Å². The fraction of sp³-hybridized carbons (Fsp3) is 0.125. The number of phenols is 1. The fourth-order valence-electron chi connectivity index (χ4n) is 1.99. The van der Waals surface area contributed by atoms with E-state index >= 15 is 0 Å². The van der Waals surface area contributed by atoms with Gasteiger partial charge in [0.15, 0.2) is 6.29 Å². The van der Waals surface area contributed by atoms with Crippen molar-refractivity contribution >= 4 is 12.3 Å². The minimum Gasteiger partial charge on any atom is -0.508 e. The number of rotatable bonds is 4. The zero-order valence-electron chi connectivity index (χ0n) is 10.9. The Morgan fingerprint density at radius 3 is 2.35 bits per heavy atom. The minimum absolute atomic E-state index is 0.150. The SMILES string of the molecule is CC(C(=O)O)c1ccc(-c2ccc(O)cc2)c(C=O)c1. The topological polar surface area (TPSA) is 74.6 Å². The van der Waals surface area contributed by atoms with Gasteiger partial charge in [-0.3, -0.25) is 9.59 Å². The number of aldehydes is 1. The molecule has 4 heteroatoms. The molecule has 102 valence electrons. The third-order valence-electron chi connectivity index (χ3n) is 3.25. The second kappa shape index (κ2) is 5.57. The molecule has 2 N–H and O–H groups in total. The summed E-state index contributed by atoms with van der Waals surface area (Å²) in [5.74, 6) is -1.45. The molecule has 1 atom stereocenters. The molecule has 0 aromatic heterocycles. The Morgan fingerprint density at radius 1 is 1.15 bits per heavy atom. The number of benzene rings is 2. The van der Waals surface area contributed by atoms with Crippen molar-refractivity contribution in [1.29, 1.82) is 0 Å². The van der Waals surface area contributed by atoms with Gasteiger partial charge in [-0.25, -0.2) is 0 Å². The Balaban J connectivity index is 2.48. The van der Waals surface area contributed by atoms with E-state index in [4.69, 9.17) is 5.11 Å². The predicted octanol–water partition coefficient (Wildman–Crippen LogP) is 3.06. The Kier molecular flexibility index (Phi) is 3.84. The molecule has 0 radical (unpaired) electrons. The summed E-state index contributed by atoms with van der Waals surface area (Å²) in [5.41, 5.74) is 2.52. The molecule has 0 heterocycles. The number of hydrogen-bond donors (Lipinski definition) is 2. The Bertz CT molecular complexity index is 644. The number of hydrogen-bond acceptors (Lipinski definition) is 3. The molecule has 0 saturated carbocycles. The third-order valence-corrected chi connectivity index (χ3v) is 3.25. The average molecular weight is 270 g/mol. The molecule has 20 heavy (non-hydrogen) atoms. The largest absolute Gasteiger partial charge is 0.508 e. The molecule has 0 bridgehead atoms. The van der Waals surface area contributed by atoms with E-state index in [9.17, 15) is 14.7 Å². The van der Waals surface area contributed by atoms with Crippen LogP contribution < -0.4 is 0 Å². The second-order valence-corrected chi connectivity index (χ2v) is 4.57. The van der Waals surface area contributed by atoms with Crippen molar-refractivity contribution in [1.82, 2.24) is 0 Å². The highest BCUT2D eigenvalue weighted by Crippen LogP contribution is 2.27. The Hall–Kier alpha value is -2.62. The lowest BCUT2D eigenvalue weighted by Gasteiger charge is -2.11. The normalized spacial score (nSPS) is 11.8. The van der Waals surface area contributed by atoms with Crippen molar-refractivity contribution in [3.63, 3.8) is 0 Å². The second-order valence-electron chi connectivity index (χ2n) is 4.57. The van der Waals surface area contributed by atoms with Crippen LogP contribution in [0, 0.1) is 0 Å². The summed E-state index contributed by atoms with van der Waals surface area (Å²) in [7, 11) is 0. The third kappa shape index (κ3) is 2.69. The van der Waals surface area contributed by atoms with Crippen molar-refractivity contribution < 1.29 is 19.8 Å². The van der Waals surface area contributed by atoms with Gasteiger partial charge in [0.1, 0.15) is 5.75 Å². The minimum atomic E-state index is -0.931. The van der Waals surface area contributed by atoms with E-state index in [-0.39, 0.29) is 5.75 Å². The van der Waals surface area contributed by atoms with Gasteiger partial charge in [0.05, 0.1) is 5.92 Å². The zero-order chi connectivity index (χ0) is 14.7. The zero-order valence-corrected chi connectivity index (χ0v) is 10.9. The summed E-state index contributed by atoms with van der Waals surface area (Å²) in [6.45, 7) is 1.58. The van der Waals surface area contributed by atoms with Crippen molar-refractivity contribution in [3.8, 4) is 16.9 Å². The smallest absolute Gasteiger partial charge is 0.310 e. The molecule has 0 spiro atoms. The summed E-state index contributed by atoms with van der Waals surface area (Å²) in [6, 6.07) is 11.5. The van der Waals surface area contributed by atoms with Gasteiger partial charge in [0.2, 0.25) is 0 Å². The van der Waals surface area contributed by atoms with E-state index < -0.39 is 11.9 Å². The molecular formula is C16H14O4. The number of carbonyl (C=O) groups is 2. The van der Waals surface area contributed by atoms with E-state index in [1.807, 2.05) is 0 Å².